The van der Waals surface area contributed by atoms with Gasteiger partial charge in [0.25, 0.3) is 0 Å². The number of fused-ring (bicyclic) bond motifs is 2. The molecule has 2 bridgehead atoms. The predicted molar refractivity (Wildman–Crippen MR) is 118 cm³/mol. The Morgan fingerprint density at radius 2 is 1.85 bits per heavy atom. The van der Waals surface area contributed by atoms with E-state index in [2.05, 4.69) is 0 Å². The van der Waals surface area contributed by atoms with E-state index in [1.54, 1.807) is 25.1 Å². The molecule has 9 heteroatoms. The van der Waals surface area contributed by atoms with Gasteiger partial charge in [-0.15, -0.1) is 0 Å². The number of ether oxygens (including phenoxy) is 4. The summed E-state index contributed by atoms with van der Waals surface area (Å²) < 4.78 is 21.8. The van der Waals surface area contributed by atoms with E-state index in [0.29, 0.717) is 17.0 Å². The Hall–Kier alpha value is -2.20. The Morgan fingerprint density at radius 3 is 2.55 bits per heavy atom. The van der Waals surface area contributed by atoms with Crippen molar-refractivity contribution >= 4 is 17.8 Å². The van der Waals surface area contributed by atoms with Gasteiger partial charge in [0.15, 0.2) is 5.60 Å². The second kappa shape index (κ2) is 9.21. The fraction of sp³-hybridized carbons (Fsp3) is 0.458. The minimum atomic E-state index is -1.77. The van der Waals surface area contributed by atoms with E-state index in [4.69, 9.17) is 30.5 Å². The average Bonchev–Trinajstić information content (AvgIpc) is 3.18. The summed E-state index contributed by atoms with van der Waals surface area (Å²) in [6, 6.07) is 13.1. The summed E-state index contributed by atoms with van der Waals surface area (Å²) in [6.45, 7) is 3.10. The molecule has 5 atom stereocenters. The smallest absolute Gasteiger partial charge is 0.435 e. The van der Waals surface area contributed by atoms with Crippen molar-refractivity contribution in [3.05, 3.63) is 69.7 Å². The molecule has 2 heterocycles. The van der Waals surface area contributed by atoms with Crippen molar-refractivity contribution in [1.29, 1.82) is 0 Å². The van der Waals surface area contributed by atoms with Gasteiger partial charge in [0.2, 0.25) is 5.79 Å². The molecule has 3 N–H and O–H groups in total. The van der Waals surface area contributed by atoms with Gasteiger partial charge in [-0.05, 0) is 43.5 Å². The zero-order valence-corrected chi connectivity index (χ0v) is 19.1. The number of rotatable bonds is 6. The van der Waals surface area contributed by atoms with E-state index in [1.807, 2.05) is 31.2 Å². The topological polar surface area (TPSA) is 115 Å². The van der Waals surface area contributed by atoms with Crippen molar-refractivity contribution in [2.45, 2.75) is 50.0 Å². The molecule has 2 aliphatic rings. The molecule has 178 valence electrons. The van der Waals surface area contributed by atoms with Gasteiger partial charge < -0.3 is 34.3 Å². The second-order valence-electron chi connectivity index (χ2n) is 8.44. The number of aryl methyl sites for hydroxylation is 1. The largest absolute Gasteiger partial charge is 0.508 e. The molecule has 4 rings (SSSR count). The Balaban J connectivity index is 1.64. The molecule has 0 aliphatic carbocycles. The summed E-state index contributed by atoms with van der Waals surface area (Å²) in [4.78, 5) is 11.7. The van der Waals surface area contributed by atoms with E-state index in [1.165, 1.54) is 0 Å². The summed E-state index contributed by atoms with van der Waals surface area (Å²) in [6.07, 6.45) is -5.17. The molecule has 0 radical (unpaired) electrons. The van der Waals surface area contributed by atoms with E-state index in [9.17, 15) is 20.1 Å². The lowest BCUT2D eigenvalue weighted by Gasteiger charge is -2.46. The highest BCUT2D eigenvalue weighted by Gasteiger charge is 2.67. The SMILES string of the molecule is CCOC(=O)OC[C@@]12CO[C@@](c3ccc(Cl)c(Cc4ccc(C)cc4)c3)(O1)[C@H](O)[C@@H](O)[C@@H]2O. The van der Waals surface area contributed by atoms with Crippen LogP contribution in [-0.2, 0) is 31.2 Å². The van der Waals surface area contributed by atoms with Crippen LogP contribution in [0.2, 0.25) is 5.02 Å². The molecule has 2 aliphatic heterocycles. The number of carbonyl (C=O) groups is 1. The molecule has 2 saturated heterocycles. The zero-order chi connectivity index (χ0) is 23.8. The first-order valence-corrected chi connectivity index (χ1v) is 11.1. The van der Waals surface area contributed by atoms with Crippen molar-refractivity contribution in [2.24, 2.45) is 0 Å². The molecular weight excluding hydrogens is 452 g/mol. The van der Waals surface area contributed by atoms with Crippen LogP contribution in [0.1, 0.15) is 29.2 Å². The molecule has 0 aromatic heterocycles. The standard InChI is InChI=1S/C24H27ClO8/c1-3-30-22(29)31-12-23-13-32-24(33-23,21(28)19(26)20(23)27)17-8-9-18(25)16(11-17)10-15-6-4-14(2)5-7-15/h4-9,11,19-21,26-28H,3,10,12-13H2,1-2H3/t19-,20-,21+,23-,24-/m0/s1. The van der Waals surface area contributed by atoms with Gasteiger partial charge in [-0.1, -0.05) is 47.5 Å². The Kier molecular flexibility index (Phi) is 6.68. The average molecular weight is 479 g/mol. The lowest BCUT2D eigenvalue weighted by atomic mass is 9.83. The predicted octanol–water partition coefficient (Wildman–Crippen LogP) is 2.45. The van der Waals surface area contributed by atoms with Crippen molar-refractivity contribution in [3.63, 3.8) is 0 Å². The molecule has 33 heavy (non-hydrogen) atoms. The van der Waals surface area contributed by atoms with E-state index in [-0.39, 0.29) is 13.2 Å². The van der Waals surface area contributed by atoms with Gasteiger partial charge in [-0.25, -0.2) is 4.79 Å². The van der Waals surface area contributed by atoms with Crippen LogP contribution in [0.25, 0.3) is 0 Å². The summed E-state index contributed by atoms with van der Waals surface area (Å²) in [5.74, 6) is -1.77. The summed E-state index contributed by atoms with van der Waals surface area (Å²) >= 11 is 6.44. The highest BCUT2D eigenvalue weighted by Crippen LogP contribution is 2.50. The third-order valence-corrected chi connectivity index (χ3v) is 6.49. The normalized spacial score (nSPS) is 30.8. The van der Waals surface area contributed by atoms with Gasteiger partial charge >= 0.3 is 6.16 Å². The fourth-order valence-corrected chi connectivity index (χ4v) is 4.44. The van der Waals surface area contributed by atoms with Gasteiger partial charge in [0, 0.05) is 10.6 Å². The number of hydrogen-bond acceptors (Lipinski definition) is 8. The zero-order valence-electron chi connectivity index (χ0n) is 18.4. The number of hydrogen-bond donors (Lipinski definition) is 3. The van der Waals surface area contributed by atoms with Crippen molar-refractivity contribution in [1.82, 2.24) is 0 Å². The summed E-state index contributed by atoms with van der Waals surface area (Å²) in [5, 5.41) is 32.6. The van der Waals surface area contributed by atoms with Gasteiger partial charge in [-0.2, -0.15) is 0 Å². The summed E-state index contributed by atoms with van der Waals surface area (Å²) in [5.41, 5.74) is 1.80. The van der Waals surface area contributed by atoms with Gasteiger partial charge in [-0.3, -0.25) is 0 Å². The molecule has 0 unspecified atom stereocenters. The minimum absolute atomic E-state index is 0.117. The maximum absolute atomic E-state index is 11.7. The van der Waals surface area contributed by atoms with Gasteiger partial charge in [0.05, 0.1) is 13.2 Å². The quantitative estimate of drug-likeness (QED) is 0.542. The van der Waals surface area contributed by atoms with Crippen LogP contribution in [0.4, 0.5) is 4.79 Å². The van der Waals surface area contributed by atoms with E-state index in [0.717, 1.165) is 16.7 Å². The van der Waals surface area contributed by atoms with Crippen molar-refractivity contribution in [3.8, 4) is 0 Å². The highest BCUT2D eigenvalue weighted by atomic mass is 35.5. The van der Waals surface area contributed by atoms with Crippen molar-refractivity contribution in [2.75, 3.05) is 19.8 Å². The molecule has 2 aromatic rings. The summed E-state index contributed by atoms with van der Waals surface area (Å²) in [7, 11) is 0. The number of aliphatic hydroxyl groups excluding tert-OH is 3. The first-order chi connectivity index (χ1) is 15.7. The Morgan fingerprint density at radius 1 is 1.12 bits per heavy atom. The lowest BCUT2D eigenvalue weighted by Crippen LogP contribution is -2.65. The highest BCUT2D eigenvalue weighted by molar-refractivity contribution is 6.31. The van der Waals surface area contributed by atoms with E-state index < -0.39 is 42.5 Å². The minimum Gasteiger partial charge on any atom is -0.435 e. The number of benzene rings is 2. The van der Waals surface area contributed by atoms with Crippen LogP contribution in [0.15, 0.2) is 42.5 Å². The monoisotopic (exact) mass is 478 g/mol. The lowest BCUT2D eigenvalue weighted by molar-refractivity contribution is -0.329. The van der Waals surface area contributed by atoms with Crippen LogP contribution >= 0.6 is 11.6 Å². The van der Waals surface area contributed by atoms with Gasteiger partial charge in [0.1, 0.15) is 24.9 Å². The first-order valence-electron chi connectivity index (χ1n) is 10.7. The molecule has 0 amide bonds. The maximum atomic E-state index is 11.7. The van der Waals surface area contributed by atoms with Crippen LogP contribution in [0.5, 0.6) is 0 Å². The maximum Gasteiger partial charge on any atom is 0.508 e. The molecule has 0 saturated carbocycles. The molecule has 2 aromatic carbocycles. The number of aliphatic hydroxyl groups is 3. The third-order valence-electron chi connectivity index (χ3n) is 6.12. The first kappa shape index (κ1) is 23.9. The van der Waals surface area contributed by atoms with Crippen LogP contribution in [0.3, 0.4) is 0 Å². The second-order valence-corrected chi connectivity index (χ2v) is 8.85. The Labute approximate surface area is 196 Å². The van der Waals surface area contributed by atoms with Crippen LogP contribution < -0.4 is 0 Å². The third kappa shape index (κ3) is 4.35. The molecule has 0 spiro atoms. The molecule has 2 fully saturated rings. The van der Waals surface area contributed by atoms with E-state index >= 15 is 0 Å². The van der Waals surface area contributed by atoms with Crippen LogP contribution in [0, 0.1) is 6.92 Å². The number of halogens is 1. The number of carbonyl (C=O) groups excluding carboxylic acids is 1. The Bertz CT molecular complexity index is 1010. The van der Waals surface area contributed by atoms with Crippen LogP contribution in [-0.4, -0.2) is 65.2 Å². The molecule has 8 nitrogen and oxygen atoms in total. The fourth-order valence-electron chi connectivity index (χ4n) is 4.25. The van der Waals surface area contributed by atoms with Crippen molar-refractivity contribution < 1.29 is 39.1 Å². The molecular formula is C24H27ClO8.